The van der Waals surface area contributed by atoms with Crippen molar-refractivity contribution in [3.63, 3.8) is 0 Å². The Morgan fingerprint density at radius 2 is 2.20 bits per heavy atom. The lowest BCUT2D eigenvalue weighted by Crippen LogP contribution is -2.34. The van der Waals surface area contributed by atoms with E-state index in [9.17, 15) is 4.79 Å². The quantitative estimate of drug-likeness (QED) is 0.514. The van der Waals surface area contributed by atoms with E-state index in [-0.39, 0.29) is 12.2 Å². The van der Waals surface area contributed by atoms with Gasteiger partial charge in [0, 0.05) is 12.0 Å². The van der Waals surface area contributed by atoms with Gasteiger partial charge >= 0.3 is 5.97 Å². The number of rotatable bonds is 5. The molecule has 1 fully saturated rings. The van der Waals surface area contributed by atoms with Crippen LogP contribution in [0.3, 0.4) is 0 Å². The van der Waals surface area contributed by atoms with Crippen molar-refractivity contribution in [2.24, 2.45) is 5.92 Å². The molecule has 15 heavy (non-hydrogen) atoms. The summed E-state index contributed by atoms with van der Waals surface area (Å²) in [6.45, 7) is 6.93. The molecule has 4 nitrogen and oxygen atoms in total. The maximum absolute atomic E-state index is 10.8. The van der Waals surface area contributed by atoms with Crippen LogP contribution in [0.25, 0.3) is 0 Å². The number of carbonyl (C=O) groups is 1. The van der Waals surface area contributed by atoms with Crippen LogP contribution in [-0.4, -0.2) is 32.1 Å². The van der Waals surface area contributed by atoms with Crippen molar-refractivity contribution in [1.29, 1.82) is 0 Å². The number of esters is 1. The van der Waals surface area contributed by atoms with Gasteiger partial charge in [-0.3, -0.25) is 0 Å². The summed E-state index contributed by atoms with van der Waals surface area (Å²) in [4.78, 5) is 10.8. The van der Waals surface area contributed by atoms with E-state index in [0.29, 0.717) is 19.8 Å². The molecule has 0 aromatic carbocycles. The van der Waals surface area contributed by atoms with Crippen LogP contribution in [0.2, 0.25) is 0 Å². The number of ether oxygens (including phenoxy) is 3. The standard InChI is InChI=1S/C11H18O4/c1-3-5-11-14-7-9(8-15-11)6-13-10(12)4-2/h4,9,11H,2-3,5-8H2,1H3. The average molecular weight is 214 g/mol. The van der Waals surface area contributed by atoms with Crippen LogP contribution in [0, 0.1) is 5.92 Å². The molecular weight excluding hydrogens is 196 g/mol. The molecule has 0 amide bonds. The minimum absolute atomic E-state index is 0.0821. The molecule has 0 atom stereocenters. The van der Waals surface area contributed by atoms with Crippen LogP contribution in [0.15, 0.2) is 12.7 Å². The summed E-state index contributed by atoms with van der Waals surface area (Å²) < 4.78 is 15.8. The molecule has 0 bridgehead atoms. The zero-order valence-corrected chi connectivity index (χ0v) is 9.11. The Hall–Kier alpha value is -0.870. The molecule has 0 saturated carbocycles. The van der Waals surface area contributed by atoms with E-state index in [0.717, 1.165) is 18.9 Å². The lowest BCUT2D eigenvalue weighted by atomic mass is 10.2. The molecular formula is C11H18O4. The third-order valence-corrected chi connectivity index (χ3v) is 2.19. The summed E-state index contributed by atoms with van der Waals surface area (Å²) in [5.41, 5.74) is 0. The third-order valence-electron chi connectivity index (χ3n) is 2.19. The van der Waals surface area contributed by atoms with Crippen LogP contribution in [-0.2, 0) is 19.0 Å². The van der Waals surface area contributed by atoms with Crippen molar-refractivity contribution >= 4 is 5.97 Å². The molecule has 1 rings (SSSR count). The minimum Gasteiger partial charge on any atom is -0.462 e. The van der Waals surface area contributed by atoms with E-state index >= 15 is 0 Å². The fourth-order valence-electron chi connectivity index (χ4n) is 1.34. The molecule has 1 heterocycles. The van der Waals surface area contributed by atoms with Gasteiger partial charge in [0.15, 0.2) is 6.29 Å². The third kappa shape index (κ3) is 4.44. The van der Waals surface area contributed by atoms with E-state index in [1.807, 2.05) is 0 Å². The van der Waals surface area contributed by atoms with Crippen molar-refractivity contribution in [2.45, 2.75) is 26.1 Å². The van der Waals surface area contributed by atoms with Crippen molar-refractivity contribution in [1.82, 2.24) is 0 Å². The summed E-state index contributed by atoms with van der Waals surface area (Å²) in [5, 5.41) is 0. The van der Waals surface area contributed by atoms with Crippen LogP contribution in [0.4, 0.5) is 0 Å². The van der Waals surface area contributed by atoms with E-state index in [4.69, 9.17) is 14.2 Å². The Morgan fingerprint density at radius 1 is 1.53 bits per heavy atom. The zero-order valence-electron chi connectivity index (χ0n) is 9.11. The van der Waals surface area contributed by atoms with Gasteiger partial charge in [0.05, 0.1) is 19.8 Å². The first-order valence-electron chi connectivity index (χ1n) is 5.28. The van der Waals surface area contributed by atoms with Crippen molar-refractivity contribution in [3.05, 3.63) is 12.7 Å². The molecule has 0 aromatic heterocycles. The van der Waals surface area contributed by atoms with Crippen molar-refractivity contribution in [3.8, 4) is 0 Å². The monoisotopic (exact) mass is 214 g/mol. The zero-order chi connectivity index (χ0) is 11.1. The fourth-order valence-corrected chi connectivity index (χ4v) is 1.34. The van der Waals surface area contributed by atoms with Gasteiger partial charge in [-0.05, 0) is 6.42 Å². The van der Waals surface area contributed by atoms with Crippen LogP contribution >= 0.6 is 0 Å². The normalized spacial score (nSPS) is 25.9. The fraction of sp³-hybridized carbons (Fsp3) is 0.727. The maximum atomic E-state index is 10.8. The summed E-state index contributed by atoms with van der Waals surface area (Å²) in [6.07, 6.45) is 3.03. The second-order valence-electron chi connectivity index (χ2n) is 3.59. The molecule has 1 aliphatic rings. The first kappa shape index (κ1) is 12.2. The molecule has 1 saturated heterocycles. The molecule has 0 N–H and O–H groups in total. The molecule has 0 aliphatic carbocycles. The van der Waals surface area contributed by atoms with Gasteiger partial charge < -0.3 is 14.2 Å². The number of hydrogen-bond donors (Lipinski definition) is 0. The highest BCUT2D eigenvalue weighted by molar-refractivity contribution is 5.81. The highest BCUT2D eigenvalue weighted by Gasteiger charge is 2.22. The molecule has 0 aromatic rings. The van der Waals surface area contributed by atoms with Gasteiger partial charge in [-0.2, -0.15) is 0 Å². The van der Waals surface area contributed by atoms with Gasteiger partial charge in [0.25, 0.3) is 0 Å². The summed E-state index contributed by atoms with van der Waals surface area (Å²) in [7, 11) is 0. The Labute approximate surface area is 90.2 Å². The predicted octanol–water partition coefficient (Wildman–Crippen LogP) is 1.50. The van der Waals surface area contributed by atoms with Gasteiger partial charge in [-0.15, -0.1) is 0 Å². The first-order valence-corrected chi connectivity index (χ1v) is 5.28. The molecule has 0 spiro atoms. The second-order valence-corrected chi connectivity index (χ2v) is 3.59. The molecule has 86 valence electrons. The van der Waals surface area contributed by atoms with Crippen molar-refractivity contribution < 1.29 is 19.0 Å². The largest absolute Gasteiger partial charge is 0.462 e. The van der Waals surface area contributed by atoms with E-state index in [1.54, 1.807) is 0 Å². The molecule has 1 aliphatic heterocycles. The molecule has 4 heteroatoms. The summed E-state index contributed by atoms with van der Waals surface area (Å²) >= 11 is 0. The molecule has 0 radical (unpaired) electrons. The predicted molar refractivity (Wildman–Crippen MR) is 55.2 cm³/mol. The number of hydrogen-bond acceptors (Lipinski definition) is 4. The van der Waals surface area contributed by atoms with E-state index in [2.05, 4.69) is 13.5 Å². The van der Waals surface area contributed by atoms with E-state index < -0.39 is 5.97 Å². The van der Waals surface area contributed by atoms with Gasteiger partial charge in [-0.25, -0.2) is 4.79 Å². The summed E-state index contributed by atoms with van der Waals surface area (Å²) in [6, 6.07) is 0. The highest BCUT2D eigenvalue weighted by atomic mass is 16.7. The Morgan fingerprint density at radius 3 is 2.73 bits per heavy atom. The van der Waals surface area contributed by atoms with Crippen molar-refractivity contribution in [2.75, 3.05) is 19.8 Å². The smallest absolute Gasteiger partial charge is 0.330 e. The summed E-state index contributed by atoms with van der Waals surface area (Å²) in [5.74, 6) is -0.257. The van der Waals surface area contributed by atoms with Crippen LogP contribution < -0.4 is 0 Å². The average Bonchev–Trinajstić information content (AvgIpc) is 2.28. The van der Waals surface area contributed by atoms with Gasteiger partial charge in [0.2, 0.25) is 0 Å². The Kier molecular flexibility index (Phi) is 5.36. The molecule has 0 unspecified atom stereocenters. The van der Waals surface area contributed by atoms with E-state index in [1.165, 1.54) is 0 Å². The Balaban J connectivity index is 2.14. The lowest BCUT2D eigenvalue weighted by molar-refractivity contribution is -0.209. The first-order chi connectivity index (χ1) is 7.26. The van der Waals surface area contributed by atoms with Gasteiger partial charge in [0.1, 0.15) is 0 Å². The van der Waals surface area contributed by atoms with Crippen LogP contribution in [0.1, 0.15) is 19.8 Å². The maximum Gasteiger partial charge on any atom is 0.330 e. The lowest BCUT2D eigenvalue weighted by Gasteiger charge is -2.28. The second kappa shape index (κ2) is 6.58. The topological polar surface area (TPSA) is 44.8 Å². The highest BCUT2D eigenvalue weighted by Crippen LogP contribution is 2.15. The number of carbonyl (C=O) groups excluding carboxylic acids is 1. The minimum atomic E-state index is -0.398. The van der Waals surface area contributed by atoms with Gasteiger partial charge in [-0.1, -0.05) is 19.9 Å². The SMILES string of the molecule is C=CC(=O)OCC1COC(CCC)OC1. The Bertz CT molecular complexity index is 207. The van der Waals surface area contributed by atoms with Crippen LogP contribution in [0.5, 0.6) is 0 Å².